The van der Waals surface area contributed by atoms with Crippen molar-refractivity contribution in [1.29, 1.82) is 0 Å². The van der Waals surface area contributed by atoms with Crippen LogP contribution in [0, 0.1) is 0 Å². The predicted molar refractivity (Wildman–Crippen MR) is 91.6 cm³/mol. The summed E-state index contributed by atoms with van der Waals surface area (Å²) in [6, 6.07) is 12.0. The van der Waals surface area contributed by atoms with E-state index in [1.807, 2.05) is 38.4 Å². The Hall–Kier alpha value is -1.20. The van der Waals surface area contributed by atoms with Gasteiger partial charge in [-0.2, -0.15) is 0 Å². The molecule has 0 saturated carbocycles. The van der Waals surface area contributed by atoms with E-state index in [2.05, 4.69) is 54.2 Å². The minimum Gasteiger partial charge on any atom is -0.506 e. The van der Waals surface area contributed by atoms with Gasteiger partial charge in [-0.3, -0.25) is 0 Å². The number of hydrogen-bond acceptors (Lipinski definition) is 3. The molecule has 0 radical (unpaired) electrons. The van der Waals surface area contributed by atoms with Crippen LogP contribution in [0.2, 0.25) is 0 Å². The summed E-state index contributed by atoms with van der Waals surface area (Å²) < 4.78 is 1.37. The third-order valence-corrected chi connectivity index (χ3v) is 4.14. The van der Waals surface area contributed by atoms with Gasteiger partial charge in [0.25, 0.3) is 0 Å². The summed E-state index contributed by atoms with van der Waals surface area (Å²) in [6.45, 7) is 0.689. The number of aromatic hydroxyl groups is 1. The maximum atomic E-state index is 9.69. The van der Waals surface area contributed by atoms with E-state index in [0.717, 1.165) is 16.9 Å². The van der Waals surface area contributed by atoms with E-state index in [9.17, 15) is 5.11 Å². The number of hydrogen-bond donors (Lipinski definition) is 2. The van der Waals surface area contributed by atoms with Gasteiger partial charge in [-0.1, -0.05) is 6.07 Å². The summed E-state index contributed by atoms with van der Waals surface area (Å²) in [5.74, 6) is 0.225. The summed E-state index contributed by atoms with van der Waals surface area (Å²) in [6.07, 6.45) is 0. The van der Waals surface area contributed by atoms with Crippen LogP contribution in [0.25, 0.3) is 0 Å². The zero-order valence-corrected chi connectivity index (χ0v) is 14.5. The standard InChI is InChI=1S/C15H16Br2N2O/c1-19(2)12-5-3-4-11(8-12)18-9-10-6-13(16)15(20)14(17)7-10/h3-8,18,20H,9H2,1-2H3. The second kappa shape index (κ2) is 6.50. The number of benzene rings is 2. The highest BCUT2D eigenvalue weighted by Gasteiger charge is 2.06. The monoisotopic (exact) mass is 398 g/mol. The lowest BCUT2D eigenvalue weighted by Crippen LogP contribution is -2.09. The Morgan fingerprint density at radius 1 is 1.10 bits per heavy atom. The van der Waals surface area contributed by atoms with Crippen molar-refractivity contribution in [2.75, 3.05) is 24.3 Å². The second-order valence-corrected chi connectivity index (χ2v) is 6.42. The van der Waals surface area contributed by atoms with Crippen molar-refractivity contribution in [3.8, 4) is 5.75 Å². The molecule has 5 heteroatoms. The molecule has 2 N–H and O–H groups in total. The first-order valence-corrected chi connectivity index (χ1v) is 7.74. The van der Waals surface area contributed by atoms with Crippen LogP contribution in [0.1, 0.15) is 5.56 Å². The maximum absolute atomic E-state index is 9.69. The van der Waals surface area contributed by atoms with Gasteiger partial charge in [-0.05, 0) is 67.8 Å². The van der Waals surface area contributed by atoms with Gasteiger partial charge >= 0.3 is 0 Å². The fraction of sp³-hybridized carbons (Fsp3) is 0.200. The SMILES string of the molecule is CN(C)c1cccc(NCc2cc(Br)c(O)c(Br)c2)c1. The first-order valence-electron chi connectivity index (χ1n) is 6.15. The highest BCUT2D eigenvalue weighted by molar-refractivity contribution is 9.11. The van der Waals surface area contributed by atoms with Gasteiger partial charge in [-0.15, -0.1) is 0 Å². The lowest BCUT2D eigenvalue weighted by Gasteiger charge is -2.14. The molecule has 106 valence electrons. The molecule has 0 aliphatic rings. The van der Waals surface area contributed by atoms with Gasteiger partial charge in [-0.25, -0.2) is 0 Å². The maximum Gasteiger partial charge on any atom is 0.143 e. The zero-order chi connectivity index (χ0) is 14.7. The van der Waals surface area contributed by atoms with Crippen LogP contribution < -0.4 is 10.2 Å². The van der Waals surface area contributed by atoms with Gasteiger partial charge in [0.2, 0.25) is 0 Å². The van der Waals surface area contributed by atoms with E-state index in [1.165, 1.54) is 0 Å². The van der Waals surface area contributed by atoms with Gasteiger partial charge in [0.15, 0.2) is 0 Å². The summed E-state index contributed by atoms with van der Waals surface area (Å²) in [5, 5.41) is 13.1. The minimum absolute atomic E-state index is 0.225. The van der Waals surface area contributed by atoms with E-state index < -0.39 is 0 Å². The second-order valence-electron chi connectivity index (χ2n) is 4.71. The molecular formula is C15H16Br2N2O. The molecule has 20 heavy (non-hydrogen) atoms. The minimum atomic E-state index is 0.225. The Morgan fingerprint density at radius 3 is 2.35 bits per heavy atom. The Bertz CT molecular complexity index is 592. The Kier molecular flexibility index (Phi) is 4.94. The number of nitrogens with zero attached hydrogens (tertiary/aromatic N) is 1. The van der Waals surface area contributed by atoms with Crippen LogP contribution >= 0.6 is 31.9 Å². The van der Waals surface area contributed by atoms with Crippen LogP contribution in [0.15, 0.2) is 45.3 Å². The number of rotatable bonds is 4. The van der Waals surface area contributed by atoms with Crippen molar-refractivity contribution in [1.82, 2.24) is 0 Å². The molecule has 0 fully saturated rings. The van der Waals surface area contributed by atoms with Gasteiger partial charge in [0, 0.05) is 32.0 Å². The fourth-order valence-corrected chi connectivity index (χ4v) is 3.10. The Labute approximate surface area is 135 Å². The topological polar surface area (TPSA) is 35.5 Å². The highest BCUT2D eigenvalue weighted by atomic mass is 79.9. The average Bonchev–Trinajstić information content (AvgIpc) is 2.42. The molecule has 2 rings (SSSR count). The molecule has 0 saturated heterocycles. The summed E-state index contributed by atoms with van der Waals surface area (Å²) in [5.41, 5.74) is 3.30. The van der Waals surface area contributed by atoms with Gasteiger partial charge < -0.3 is 15.3 Å². The molecule has 2 aromatic rings. The van der Waals surface area contributed by atoms with E-state index in [4.69, 9.17) is 0 Å². The zero-order valence-electron chi connectivity index (χ0n) is 11.3. The van der Waals surface area contributed by atoms with Crippen molar-refractivity contribution >= 4 is 43.2 Å². The lowest BCUT2D eigenvalue weighted by atomic mass is 10.2. The molecule has 0 heterocycles. The fourth-order valence-electron chi connectivity index (χ4n) is 1.82. The molecule has 0 amide bonds. The summed E-state index contributed by atoms with van der Waals surface area (Å²) in [4.78, 5) is 2.07. The molecule has 0 atom stereocenters. The van der Waals surface area contributed by atoms with E-state index in [-0.39, 0.29) is 5.75 Å². The first-order chi connectivity index (χ1) is 9.47. The van der Waals surface area contributed by atoms with Crippen molar-refractivity contribution in [3.05, 3.63) is 50.9 Å². The highest BCUT2D eigenvalue weighted by Crippen LogP contribution is 2.33. The predicted octanol–water partition coefficient (Wildman–Crippen LogP) is 4.60. The van der Waals surface area contributed by atoms with Gasteiger partial charge in [0.05, 0.1) is 8.95 Å². The third kappa shape index (κ3) is 3.67. The Morgan fingerprint density at radius 2 is 1.75 bits per heavy atom. The summed E-state index contributed by atoms with van der Waals surface area (Å²) in [7, 11) is 4.04. The number of halogens is 2. The number of nitrogens with one attached hydrogen (secondary N) is 1. The quantitative estimate of drug-likeness (QED) is 0.788. The van der Waals surface area contributed by atoms with Crippen molar-refractivity contribution < 1.29 is 5.11 Å². The molecule has 0 spiro atoms. The molecular weight excluding hydrogens is 384 g/mol. The third-order valence-electron chi connectivity index (χ3n) is 2.94. The van der Waals surface area contributed by atoms with Crippen molar-refractivity contribution in [3.63, 3.8) is 0 Å². The normalized spacial score (nSPS) is 10.4. The first kappa shape index (κ1) is 15.2. The molecule has 0 aliphatic carbocycles. The van der Waals surface area contributed by atoms with Crippen LogP contribution in [0.3, 0.4) is 0 Å². The van der Waals surface area contributed by atoms with E-state index in [0.29, 0.717) is 15.5 Å². The Balaban J connectivity index is 2.11. The van der Waals surface area contributed by atoms with Crippen LogP contribution in [-0.4, -0.2) is 19.2 Å². The molecule has 0 bridgehead atoms. The van der Waals surface area contributed by atoms with Gasteiger partial charge in [0.1, 0.15) is 5.75 Å². The lowest BCUT2D eigenvalue weighted by molar-refractivity contribution is 0.468. The molecule has 0 unspecified atom stereocenters. The van der Waals surface area contributed by atoms with Crippen molar-refractivity contribution in [2.24, 2.45) is 0 Å². The van der Waals surface area contributed by atoms with Crippen LogP contribution in [-0.2, 0) is 6.54 Å². The van der Waals surface area contributed by atoms with Crippen molar-refractivity contribution in [2.45, 2.75) is 6.54 Å². The molecule has 0 aliphatic heterocycles. The molecule has 2 aromatic carbocycles. The average molecular weight is 400 g/mol. The van der Waals surface area contributed by atoms with Crippen LogP contribution in [0.5, 0.6) is 5.75 Å². The largest absolute Gasteiger partial charge is 0.506 e. The molecule has 3 nitrogen and oxygen atoms in total. The van der Waals surface area contributed by atoms with E-state index >= 15 is 0 Å². The smallest absolute Gasteiger partial charge is 0.143 e. The number of phenolic OH excluding ortho intramolecular Hbond substituents is 1. The summed E-state index contributed by atoms with van der Waals surface area (Å²) >= 11 is 6.68. The van der Waals surface area contributed by atoms with Crippen LogP contribution in [0.4, 0.5) is 11.4 Å². The molecule has 0 aromatic heterocycles. The number of phenols is 1. The number of anilines is 2. The van der Waals surface area contributed by atoms with E-state index in [1.54, 1.807) is 0 Å².